The highest BCUT2D eigenvalue weighted by atomic mass is 32.2. The van der Waals surface area contributed by atoms with Crippen LogP contribution in [0, 0.1) is 11.3 Å². The Morgan fingerprint density at radius 2 is 1.74 bits per heavy atom. The van der Waals surface area contributed by atoms with Crippen molar-refractivity contribution < 1.29 is 13.5 Å². The highest BCUT2D eigenvalue weighted by Crippen LogP contribution is 2.21. The van der Waals surface area contributed by atoms with E-state index in [4.69, 9.17) is 5.26 Å². The Morgan fingerprint density at radius 1 is 1.13 bits per heavy atom. The fraction of sp³-hybridized carbons (Fsp3) is 0.235. The summed E-state index contributed by atoms with van der Waals surface area (Å²) in [5.41, 5.74) is 1.33. The summed E-state index contributed by atoms with van der Waals surface area (Å²) < 4.78 is 27.4. The van der Waals surface area contributed by atoms with Crippen LogP contribution < -0.4 is 4.72 Å². The lowest BCUT2D eigenvalue weighted by atomic mass is 9.94. The zero-order valence-corrected chi connectivity index (χ0v) is 13.5. The van der Waals surface area contributed by atoms with Gasteiger partial charge in [-0.1, -0.05) is 37.3 Å². The zero-order chi connectivity index (χ0) is 16.9. The van der Waals surface area contributed by atoms with E-state index in [2.05, 4.69) is 4.72 Å². The summed E-state index contributed by atoms with van der Waals surface area (Å²) >= 11 is 0. The molecule has 0 spiro atoms. The van der Waals surface area contributed by atoms with E-state index in [1.807, 2.05) is 43.3 Å². The molecule has 0 saturated heterocycles. The zero-order valence-electron chi connectivity index (χ0n) is 12.7. The van der Waals surface area contributed by atoms with Crippen LogP contribution in [0.1, 0.15) is 24.0 Å². The summed E-state index contributed by atoms with van der Waals surface area (Å²) in [6, 6.07) is 16.4. The Kier molecular flexibility index (Phi) is 5.50. The number of hydrogen-bond donors (Lipinski definition) is 2. The monoisotopic (exact) mass is 330 g/mol. The first-order valence-corrected chi connectivity index (χ1v) is 8.64. The van der Waals surface area contributed by atoms with Gasteiger partial charge in [0.2, 0.25) is 10.0 Å². The van der Waals surface area contributed by atoms with Crippen LogP contribution in [0.5, 0.6) is 0 Å². The van der Waals surface area contributed by atoms with E-state index in [1.54, 1.807) is 0 Å². The normalized spacial score (nSPS) is 14.0. The van der Waals surface area contributed by atoms with E-state index >= 15 is 0 Å². The molecule has 0 bridgehead atoms. The summed E-state index contributed by atoms with van der Waals surface area (Å²) in [6.45, 7) is 1.54. The lowest BCUT2D eigenvalue weighted by Gasteiger charge is -2.23. The van der Waals surface area contributed by atoms with Crippen molar-refractivity contribution in [3.05, 3.63) is 65.7 Å². The van der Waals surface area contributed by atoms with E-state index in [0.29, 0.717) is 5.56 Å². The number of sulfonamides is 1. The number of nitrogens with one attached hydrogen (secondary N) is 1. The molecule has 0 aliphatic rings. The summed E-state index contributed by atoms with van der Waals surface area (Å²) in [5.74, 6) is -0.186. The number of rotatable bonds is 6. The van der Waals surface area contributed by atoms with Crippen molar-refractivity contribution in [2.75, 3.05) is 6.61 Å². The molecule has 2 aromatic rings. The van der Waals surface area contributed by atoms with E-state index in [-0.39, 0.29) is 17.4 Å². The quantitative estimate of drug-likeness (QED) is 0.847. The maximum Gasteiger partial charge on any atom is 0.240 e. The molecule has 2 aromatic carbocycles. The van der Waals surface area contributed by atoms with Crippen molar-refractivity contribution in [3.8, 4) is 6.07 Å². The van der Waals surface area contributed by atoms with Gasteiger partial charge in [-0.2, -0.15) is 5.26 Å². The summed E-state index contributed by atoms with van der Waals surface area (Å²) in [4.78, 5) is 0.0650. The fourth-order valence-corrected chi connectivity index (χ4v) is 3.57. The van der Waals surface area contributed by atoms with Gasteiger partial charge in [0.1, 0.15) is 0 Å². The lowest BCUT2D eigenvalue weighted by molar-refractivity contribution is 0.242. The standard InChI is InChI=1S/C17H18N2O3S/c1-13(15-5-3-2-4-6-15)17(12-20)19-23(21,22)16-9-7-14(11-18)8-10-16/h2-10,13,17,19-20H,12H2,1H3. The molecule has 0 saturated carbocycles. The Balaban J connectivity index is 2.21. The Hall–Kier alpha value is -2.20. The molecule has 0 aliphatic heterocycles. The Bertz CT molecular complexity index is 781. The van der Waals surface area contributed by atoms with Crippen LogP contribution in [-0.4, -0.2) is 26.2 Å². The first-order valence-electron chi connectivity index (χ1n) is 7.16. The molecule has 0 aromatic heterocycles. The smallest absolute Gasteiger partial charge is 0.240 e. The van der Waals surface area contributed by atoms with Crippen LogP contribution in [0.2, 0.25) is 0 Å². The first kappa shape index (κ1) is 17.2. The molecule has 6 heteroatoms. The predicted octanol–water partition coefficient (Wildman–Crippen LogP) is 2.00. The van der Waals surface area contributed by atoms with Crippen molar-refractivity contribution in [1.29, 1.82) is 5.26 Å². The number of nitrogens with zero attached hydrogens (tertiary/aromatic N) is 1. The third kappa shape index (κ3) is 4.17. The minimum absolute atomic E-state index is 0.0650. The number of aliphatic hydroxyl groups excluding tert-OH is 1. The minimum Gasteiger partial charge on any atom is -0.395 e. The van der Waals surface area contributed by atoms with Crippen molar-refractivity contribution >= 4 is 10.0 Å². The molecule has 5 nitrogen and oxygen atoms in total. The molecule has 0 fully saturated rings. The van der Waals surface area contributed by atoms with Crippen LogP contribution in [0.25, 0.3) is 0 Å². The van der Waals surface area contributed by atoms with Gasteiger partial charge in [-0.3, -0.25) is 0 Å². The van der Waals surface area contributed by atoms with Crippen LogP contribution >= 0.6 is 0 Å². The minimum atomic E-state index is -3.77. The second kappa shape index (κ2) is 7.38. The topological polar surface area (TPSA) is 90.2 Å². The van der Waals surface area contributed by atoms with E-state index in [9.17, 15) is 13.5 Å². The number of nitriles is 1. The number of benzene rings is 2. The van der Waals surface area contributed by atoms with Gasteiger partial charge >= 0.3 is 0 Å². The van der Waals surface area contributed by atoms with E-state index < -0.39 is 16.1 Å². The van der Waals surface area contributed by atoms with Gasteiger partial charge in [0.25, 0.3) is 0 Å². The summed E-state index contributed by atoms with van der Waals surface area (Å²) in [6.07, 6.45) is 0. The van der Waals surface area contributed by atoms with E-state index in [1.165, 1.54) is 24.3 Å². The second-order valence-corrected chi connectivity index (χ2v) is 6.96. The van der Waals surface area contributed by atoms with Crippen LogP contribution in [0.4, 0.5) is 0 Å². The molecule has 0 aliphatic carbocycles. The lowest BCUT2D eigenvalue weighted by Crippen LogP contribution is -2.41. The average molecular weight is 330 g/mol. The van der Waals surface area contributed by atoms with Crippen LogP contribution in [0.15, 0.2) is 59.5 Å². The Morgan fingerprint density at radius 3 is 2.26 bits per heavy atom. The largest absolute Gasteiger partial charge is 0.395 e. The molecular weight excluding hydrogens is 312 g/mol. The highest BCUT2D eigenvalue weighted by Gasteiger charge is 2.25. The third-order valence-corrected chi connectivity index (χ3v) is 5.23. The molecule has 0 radical (unpaired) electrons. The van der Waals surface area contributed by atoms with Crippen molar-refractivity contribution in [2.45, 2.75) is 23.8 Å². The summed E-state index contributed by atoms with van der Waals surface area (Å²) in [7, 11) is -3.77. The molecular formula is C17H18N2O3S. The molecule has 23 heavy (non-hydrogen) atoms. The van der Waals surface area contributed by atoms with Gasteiger partial charge in [0.15, 0.2) is 0 Å². The van der Waals surface area contributed by atoms with Gasteiger partial charge in [0.05, 0.1) is 29.2 Å². The molecule has 0 heterocycles. The van der Waals surface area contributed by atoms with Gasteiger partial charge < -0.3 is 5.11 Å². The van der Waals surface area contributed by atoms with Crippen molar-refractivity contribution in [2.24, 2.45) is 0 Å². The van der Waals surface area contributed by atoms with Gasteiger partial charge in [-0.25, -0.2) is 13.1 Å². The maximum atomic E-state index is 12.4. The van der Waals surface area contributed by atoms with Crippen molar-refractivity contribution in [3.63, 3.8) is 0 Å². The fourth-order valence-electron chi connectivity index (χ4n) is 2.26. The maximum absolute atomic E-state index is 12.4. The van der Waals surface area contributed by atoms with Crippen LogP contribution in [-0.2, 0) is 10.0 Å². The van der Waals surface area contributed by atoms with Crippen molar-refractivity contribution in [1.82, 2.24) is 4.72 Å². The second-order valence-electron chi connectivity index (χ2n) is 5.25. The number of aliphatic hydroxyl groups is 1. The first-order chi connectivity index (χ1) is 11.0. The van der Waals surface area contributed by atoms with Gasteiger partial charge in [-0.05, 0) is 35.7 Å². The molecule has 0 amide bonds. The molecule has 2 unspecified atom stereocenters. The van der Waals surface area contributed by atoms with E-state index in [0.717, 1.165) is 5.56 Å². The highest BCUT2D eigenvalue weighted by molar-refractivity contribution is 7.89. The molecule has 120 valence electrons. The molecule has 2 rings (SSSR count). The Labute approximate surface area is 136 Å². The molecule has 2 atom stereocenters. The summed E-state index contributed by atoms with van der Waals surface area (Å²) in [5, 5.41) is 18.3. The SMILES string of the molecule is CC(c1ccccc1)C(CO)NS(=O)(=O)c1ccc(C#N)cc1. The van der Waals surface area contributed by atoms with Crippen LogP contribution in [0.3, 0.4) is 0 Å². The number of hydrogen-bond acceptors (Lipinski definition) is 4. The molecule has 2 N–H and O–H groups in total. The predicted molar refractivity (Wildman–Crippen MR) is 87.2 cm³/mol. The average Bonchev–Trinajstić information content (AvgIpc) is 2.60. The third-order valence-electron chi connectivity index (χ3n) is 3.73. The van der Waals surface area contributed by atoms with Gasteiger partial charge in [0, 0.05) is 0 Å². The van der Waals surface area contributed by atoms with Gasteiger partial charge in [-0.15, -0.1) is 0 Å².